The minimum atomic E-state index is -1.10. The molecule has 0 fully saturated rings. The van der Waals surface area contributed by atoms with Crippen LogP contribution in [0.3, 0.4) is 0 Å². The number of nitriles is 1. The van der Waals surface area contributed by atoms with Gasteiger partial charge in [0.2, 0.25) is 0 Å². The second-order valence-electron chi connectivity index (χ2n) is 4.10. The molecule has 0 aliphatic heterocycles. The molecule has 0 bridgehead atoms. The van der Waals surface area contributed by atoms with Gasteiger partial charge in [-0.3, -0.25) is 4.79 Å². The van der Waals surface area contributed by atoms with Gasteiger partial charge in [-0.15, -0.1) is 0 Å². The first-order chi connectivity index (χ1) is 9.52. The van der Waals surface area contributed by atoms with Gasteiger partial charge in [-0.2, -0.15) is 5.26 Å². The Balaban J connectivity index is 2.43. The van der Waals surface area contributed by atoms with E-state index in [1.807, 2.05) is 6.07 Å². The lowest BCUT2D eigenvalue weighted by Gasteiger charge is -2.11. The number of carbonyl (C=O) groups is 1. The van der Waals surface area contributed by atoms with Gasteiger partial charge in [0.25, 0.3) is 0 Å². The van der Waals surface area contributed by atoms with Crippen LogP contribution in [0, 0.1) is 17.1 Å². The zero-order valence-corrected chi connectivity index (χ0v) is 11.6. The van der Waals surface area contributed by atoms with Crippen LogP contribution in [0.25, 0.3) is 0 Å². The lowest BCUT2D eigenvalue weighted by molar-refractivity contribution is 0.0978. The van der Waals surface area contributed by atoms with Crippen LogP contribution in [0.4, 0.5) is 4.39 Å². The second-order valence-corrected chi connectivity index (χ2v) is 4.95. The van der Waals surface area contributed by atoms with Crippen molar-refractivity contribution in [3.8, 4) is 6.07 Å². The van der Waals surface area contributed by atoms with Gasteiger partial charge in [-0.05, 0) is 29.8 Å². The number of nitrogens with zero attached hydrogens (tertiary/aromatic N) is 1. The molecule has 1 unspecified atom stereocenters. The largest absolute Gasteiger partial charge is 0.292 e. The third-order valence-electron chi connectivity index (χ3n) is 2.77. The fourth-order valence-electron chi connectivity index (χ4n) is 1.81. The molecule has 2 nitrogen and oxygen atoms in total. The van der Waals surface area contributed by atoms with Gasteiger partial charge in [-0.1, -0.05) is 41.4 Å². The van der Waals surface area contributed by atoms with E-state index in [0.717, 1.165) is 6.07 Å². The van der Waals surface area contributed by atoms with Crippen LogP contribution in [0.2, 0.25) is 10.0 Å². The summed E-state index contributed by atoms with van der Waals surface area (Å²) in [4.78, 5) is 12.3. The molecule has 2 aromatic rings. The SMILES string of the molecule is N#CC(C(=O)c1cccc(F)c1)c1ccc(Cl)cc1Cl. The molecule has 0 saturated carbocycles. The first-order valence-electron chi connectivity index (χ1n) is 5.67. The molecule has 2 aromatic carbocycles. The number of ketones is 1. The van der Waals surface area contributed by atoms with Gasteiger partial charge in [0.1, 0.15) is 11.7 Å². The van der Waals surface area contributed by atoms with Crippen molar-refractivity contribution in [3.05, 3.63) is 69.5 Å². The summed E-state index contributed by atoms with van der Waals surface area (Å²) in [6, 6.07) is 11.6. The lowest BCUT2D eigenvalue weighted by Crippen LogP contribution is -2.12. The van der Waals surface area contributed by atoms with E-state index in [9.17, 15) is 14.4 Å². The molecule has 0 aliphatic carbocycles. The molecule has 2 rings (SSSR count). The van der Waals surface area contributed by atoms with Crippen LogP contribution in [-0.4, -0.2) is 5.78 Å². The van der Waals surface area contributed by atoms with E-state index in [-0.39, 0.29) is 10.6 Å². The fourth-order valence-corrected chi connectivity index (χ4v) is 2.33. The van der Waals surface area contributed by atoms with Crippen molar-refractivity contribution in [2.75, 3.05) is 0 Å². The summed E-state index contributed by atoms with van der Waals surface area (Å²) in [5.41, 5.74) is 0.482. The predicted octanol–water partition coefficient (Wildman–Crippen LogP) is 4.62. The molecule has 0 N–H and O–H groups in total. The summed E-state index contributed by atoms with van der Waals surface area (Å²) < 4.78 is 13.2. The van der Waals surface area contributed by atoms with E-state index >= 15 is 0 Å². The van der Waals surface area contributed by atoms with Crippen LogP contribution in [0.5, 0.6) is 0 Å². The summed E-state index contributed by atoms with van der Waals surface area (Å²) in [6.07, 6.45) is 0. The van der Waals surface area contributed by atoms with Crippen LogP contribution < -0.4 is 0 Å². The average molecular weight is 308 g/mol. The molecule has 0 heterocycles. The maximum Gasteiger partial charge on any atom is 0.184 e. The number of Topliss-reactive ketones (excluding diaryl/α,β-unsaturated/α-hetero) is 1. The molecular formula is C15H8Cl2FNO. The van der Waals surface area contributed by atoms with Gasteiger partial charge < -0.3 is 0 Å². The van der Waals surface area contributed by atoms with Crippen molar-refractivity contribution < 1.29 is 9.18 Å². The highest BCUT2D eigenvalue weighted by molar-refractivity contribution is 6.35. The number of hydrogen-bond donors (Lipinski definition) is 0. The third kappa shape index (κ3) is 2.98. The molecule has 0 saturated heterocycles. The van der Waals surface area contributed by atoms with E-state index in [2.05, 4.69) is 0 Å². The summed E-state index contributed by atoms with van der Waals surface area (Å²) >= 11 is 11.8. The van der Waals surface area contributed by atoms with Crippen molar-refractivity contribution in [3.63, 3.8) is 0 Å². The monoisotopic (exact) mass is 307 g/mol. The minimum Gasteiger partial charge on any atom is -0.292 e. The molecule has 0 aliphatic rings. The number of rotatable bonds is 3. The van der Waals surface area contributed by atoms with Crippen LogP contribution in [-0.2, 0) is 0 Å². The van der Waals surface area contributed by atoms with E-state index in [0.29, 0.717) is 10.6 Å². The van der Waals surface area contributed by atoms with E-state index in [4.69, 9.17) is 23.2 Å². The van der Waals surface area contributed by atoms with Crippen LogP contribution in [0.15, 0.2) is 42.5 Å². The number of halogens is 3. The maximum absolute atomic E-state index is 13.2. The Kier molecular flexibility index (Phi) is 4.39. The van der Waals surface area contributed by atoms with Crippen LogP contribution >= 0.6 is 23.2 Å². The first kappa shape index (κ1) is 14.5. The molecule has 0 radical (unpaired) electrons. The summed E-state index contributed by atoms with van der Waals surface area (Å²) in [7, 11) is 0. The van der Waals surface area contributed by atoms with Crippen LogP contribution in [0.1, 0.15) is 21.8 Å². The van der Waals surface area contributed by atoms with Gasteiger partial charge in [-0.25, -0.2) is 4.39 Å². The topological polar surface area (TPSA) is 40.9 Å². The minimum absolute atomic E-state index is 0.127. The van der Waals surface area contributed by atoms with Gasteiger partial charge in [0.15, 0.2) is 5.78 Å². The number of hydrogen-bond acceptors (Lipinski definition) is 2. The lowest BCUT2D eigenvalue weighted by atomic mass is 9.92. The van der Waals surface area contributed by atoms with Crippen molar-refractivity contribution in [1.29, 1.82) is 5.26 Å². The number of carbonyl (C=O) groups excluding carboxylic acids is 1. The fraction of sp³-hybridized carbons (Fsp3) is 0.0667. The second kappa shape index (κ2) is 6.04. The summed E-state index contributed by atoms with van der Waals surface area (Å²) in [5, 5.41) is 9.86. The van der Waals surface area contributed by atoms with Gasteiger partial charge in [0, 0.05) is 15.6 Å². The van der Waals surface area contributed by atoms with Crippen molar-refractivity contribution in [2.45, 2.75) is 5.92 Å². The maximum atomic E-state index is 13.2. The molecule has 5 heteroatoms. The molecule has 0 aromatic heterocycles. The third-order valence-corrected chi connectivity index (χ3v) is 3.34. The van der Waals surface area contributed by atoms with E-state index in [1.54, 1.807) is 6.07 Å². The van der Waals surface area contributed by atoms with Crippen molar-refractivity contribution in [1.82, 2.24) is 0 Å². The van der Waals surface area contributed by atoms with Gasteiger partial charge in [0.05, 0.1) is 6.07 Å². The zero-order chi connectivity index (χ0) is 14.7. The van der Waals surface area contributed by atoms with Crippen molar-refractivity contribution >= 4 is 29.0 Å². The Labute approximate surface area is 125 Å². The molecule has 0 amide bonds. The normalized spacial score (nSPS) is 11.7. The zero-order valence-electron chi connectivity index (χ0n) is 10.1. The summed E-state index contributed by atoms with van der Waals surface area (Å²) in [5.74, 6) is -2.13. The average Bonchev–Trinajstić information content (AvgIpc) is 2.41. The van der Waals surface area contributed by atoms with Crippen molar-refractivity contribution in [2.24, 2.45) is 0 Å². The van der Waals surface area contributed by atoms with Gasteiger partial charge >= 0.3 is 0 Å². The quantitative estimate of drug-likeness (QED) is 0.776. The Hall–Kier alpha value is -1.89. The highest BCUT2D eigenvalue weighted by Crippen LogP contribution is 2.29. The highest BCUT2D eigenvalue weighted by atomic mass is 35.5. The Morgan fingerprint density at radius 1 is 1.20 bits per heavy atom. The molecule has 0 spiro atoms. The van der Waals surface area contributed by atoms with E-state index in [1.165, 1.54) is 30.3 Å². The smallest absolute Gasteiger partial charge is 0.184 e. The standard InChI is InChI=1S/C15H8Cl2FNO/c16-10-4-5-12(14(17)7-10)13(8-19)15(20)9-2-1-3-11(18)6-9/h1-7,13H. The molecule has 20 heavy (non-hydrogen) atoms. The Bertz CT molecular complexity index is 709. The molecular weight excluding hydrogens is 300 g/mol. The Morgan fingerprint density at radius 2 is 1.95 bits per heavy atom. The Morgan fingerprint density at radius 3 is 2.55 bits per heavy atom. The first-order valence-corrected chi connectivity index (χ1v) is 6.43. The highest BCUT2D eigenvalue weighted by Gasteiger charge is 2.24. The summed E-state index contributed by atoms with van der Waals surface area (Å²) in [6.45, 7) is 0. The number of benzene rings is 2. The predicted molar refractivity (Wildman–Crippen MR) is 75.5 cm³/mol. The molecule has 100 valence electrons. The molecule has 1 atom stereocenters. The van der Waals surface area contributed by atoms with E-state index < -0.39 is 17.5 Å².